The first-order valence-corrected chi connectivity index (χ1v) is 10.7. The molecule has 3 aromatic heterocycles. The van der Waals surface area contributed by atoms with E-state index in [0.29, 0.717) is 27.6 Å². The number of nitrogens with one attached hydrogen (secondary N) is 1. The number of carbonyl (C=O) groups excluding carboxylic acids is 1. The molecule has 0 saturated carbocycles. The zero-order chi connectivity index (χ0) is 19.5. The molecule has 0 radical (unpaired) electrons. The number of amides is 1. The Morgan fingerprint density at radius 2 is 2.25 bits per heavy atom. The van der Waals surface area contributed by atoms with Crippen LogP contribution in [0.4, 0.5) is 5.00 Å². The average molecular weight is 412 g/mol. The number of nitriles is 1. The lowest BCUT2D eigenvalue weighted by atomic mass is 9.89. The second-order valence-electron chi connectivity index (χ2n) is 6.61. The average Bonchev–Trinajstić information content (AvgIpc) is 3.31. The number of hydrogen-bond donors (Lipinski definition) is 1. The van der Waals surface area contributed by atoms with Crippen molar-refractivity contribution in [1.29, 1.82) is 5.26 Å². The van der Waals surface area contributed by atoms with Crippen LogP contribution in [0.3, 0.4) is 0 Å². The van der Waals surface area contributed by atoms with Crippen LogP contribution in [-0.4, -0.2) is 26.8 Å². The molecule has 4 rings (SSSR count). The van der Waals surface area contributed by atoms with Crippen LogP contribution < -0.4 is 5.32 Å². The van der Waals surface area contributed by atoms with Crippen LogP contribution in [0.1, 0.15) is 29.3 Å². The highest BCUT2D eigenvalue weighted by atomic mass is 32.2. The number of aromatic nitrogens is 3. The minimum Gasteiger partial charge on any atom is -0.411 e. The monoisotopic (exact) mass is 411 g/mol. The number of fused-ring (bicyclic) bond motifs is 1. The minimum atomic E-state index is -0.197. The Hall–Kier alpha value is -2.70. The predicted molar refractivity (Wildman–Crippen MR) is 107 cm³/mol. The summed E-state index contributed by atoms with van der Waals surface area (Å²) in [4.78, 5) is 17.5. The maximum Gasteiger partial charge on any atom is 0.277 e. The minimum absolute atomic E-state index is 0.127. The lowest BCUT2D eigenvalue weighted by Crippen LogP contribution is -2.14. The molecule has 0 spiro atoms. The predicted octanol–water partition coefficient (Wildman–Crippen LogP) is 3.92. The van der Waals surface area contributed by atoms with Gasteiger partial charge in [-0.1, -0.05) is 18.7 Å². The third kappa shape index (κ3) is 3.93. The van der Waals surface area contributed by atoms with Crippen LogP contribution in [0.25, 0.3) is 11.5 Å². The zero-order valence-electron chi connectivity index (χ0n) is 15.1. The van der Waals surface area contributed by atoms with Crippen LogP contribution in [0, 0.1) is 17.2 Å². The number of hydrogen-bond acceptors (Lipinski definition) is 8. The van der Waals surface area contributed by atoms with Gasteiger partial charge in [-0.2, -0.15) is 5.26 Å². The zero-order valence-corrected chi connectivity index (χ0v) is 16.8. The molecule has 0 aliphatic heterocycles. The molecule has 0 aromatic carbocycles. The highest BCUT2D eigenvalue weighted by molar-refractivity contribution is 7.99. The SMILES string of the molecule is C[C@H]1CCc2c(sc(NC(=O)CSc3nnc(-c4ccncc4)o3)c2C#N)C1. The molecule has 28 heavy (non-hydrogen) atoms. The van der Waals surface area contributed by atoms with E-state index in [9.17, 15) is 10.1 Å². The second kappa shape index (κ2) is 8.12. The van der Waals surface area contributed by atoms with E-state index in [-0.39, 0.29) is 11.7 Å². The van der Waals surface area contributed by atoms with Gasteiger partial charge in [0.2, 0.25) is 11.8 Å². The van der Waals surface area contributed by atoms with E-state index in [2.05, 4.69) is 33.5 Å². The van der Waals surface area contributed by atoms with Crippen LogP contribution in [-0.2, 0) is 17.6 Å². The van der Waals surface area contributed by atoms with Crippen molar-refractivity contribution in [2.45, 2.75) is 31.4 Å². The Morgan fingerprint density at radius 3 is 3.04 bits per heavy atom. The van der Waals surface area contributed by atoms with E-state index < -0.39 is 0 Å². The standard InChI is InChI=1S/C19H17N5O2S2/c1-11-2-3-13-14(9-20)18(28-15(13)8-11)22-16(25)10-27-19-24-23-17(26-19)12-4-6-21-7-5-12/h4-7,11H,2-3,8,10H2,1H3,(H,22,25)/t11-/m0/s1. The molecular weight excluding hydrogens is 394 g/mol. The summed E-state index contributed by atoms with van der Waals surface area (Å²) in [6.45, 7) is 2.22. The number of rotatable bonds is 5. The topological polar surface area (TPSA) is 105 Å². The normalized spacial score (nSPS) is 15.6. The fourth-order valence-electron chi connectivity index (χ4n) is 3.13. The molecule has 3 heterocycles. The summed E-state index contributed by atoms with van der Waals surface area (Å²) in [6, 6.07) is 5.81. The third-order valence-corrected chi connectivity index (χ3v) is 6.53. The molecule has 0 saturated heterocycles. The van der Waals surface area contributed by atoms with Crippen molar-refractivity contribution >= 4 is 34.0 Å². The van der Waals surface area contributed by atoms with E-state index in [0.717, 1.165) is 30.4 Å². The Labute approximate surface area is 170 Å². The molecule has 142 valence electrons. The first kappa shape index (κ1) is 18.7. The number of pyridine rings is 1. The number of anilines is 1. The van der Waals surface area contributed by atoms with Gasteiger partial charge in [0.05, 0.1) is 11.3 Å². The van der Waals surface area contributed by atoms with Crippen molar-refractivity contribution in [1.82, 2.24) is 15.2 Å². The van der Waals surface area contributed by atoms with Crippen LogP contribution in [0.5, 0.6) is 0 Å². The Morgan fingerprint density at radius 1 is 1.43 bits per heavy atom. The fourth-order valence-corrected chi connectivity index (χ4v) is 5.07. The van der Waals surface area contributed by atoms with E-state index in [4.69, 9.17) is 4.42 Å². The van der Waals surface area contributed by atoms with Gasteiger partial charge < -0.3 is 9.73 Å². The van der Waals surface area contributed by atoms with Crippen molar-refractivity contribution in [2.75, 3.05) is 11.1 Å². The lowest BCUT2D eigenvalue weighted by Gasteiger charge is -2.17. The largest absolute Gasteiger partial charge is 0.411 e. The molecule has 7 nitrogen and oxygen atoms in total. The number of thioether (sulfide) groups is 1. The van der Waals surface area contributed by atoms with E-state index in [1.807, 2.05) is 0 Å². The van der Waals surface area contributed by atoms with Crippen LogP contribution in [0.15, 0.2) is 34.2 Å². The van der Waals surface area contributed by atoms with Crippen LogP contribution in [0.2, 0.25) is 0 Å². The molecule has 0 unspecified atom stereocenters. The third-order valence-electron chi connectivity index (χ3n) is 4.54. The van der Waals surface area contributed by atoms with Crippen molar-refractivity contribution in [3.8, 4) is 17.5 Å². The summed E-state index contributed by atoms with van der Waals surface area (Å²) in [5.74, 6) is 0.930. The Balaban J connectivity index is 1.39. The molecular formula is C19H17N5O2S2. The molecule has 1 aliphatic carbocycles. The molecule has 1 amide bonds. The second-order valence-corrected chi connectivity index (χ2v) is 8.65. The summed E-state index contributed by atoms with van der Waals surface area (Å²) < 4.78 is 5.58. The van der Waals surface area contributed by atoms with Gasteiger partial charge >= 0.3 is 0 Å². The fraction of sp³-hybridized carbons (Fsp3) is 0.316. The van der Waals surface area contributed by atoms with Gasteiger partial charge in [0.25, 0.3) is 5.22 Å². The van der Waals surface area contributed by atoms with Gasteiger partial charge in [-0.3, -0.25) is 9.78 Å². The van der Waals surface area contributed by atoms with E-state index in [1.165, 1.54) is 28.0 Å². The van der Waals surface area contributed by atoms with Crippen molar-refractivity contribution in [2.24, 2.45) is 5.92 Å². The molecule has 0 bridgehead atoms. The van der Waals surface area contributed by atoms with Crippen LogP contribution >= 0.6 is 23.1 Å². The van der Waals surface area contributed by atoms with Crippen molar-refractivity contribution in [3.05, 3.63) is 40.5 Å². The van der Waals surface area contributed by atoms with Gasteiger partial charge in [0, 0.05) is 22.8 Å². The van der Waals surface area contributed by atoms with Crippen molar-refractivity contribution < 1.29 is 9.21 Å². The highest BCUT2D eigenvalue weighted by Gasteiger charge is 2.24. The lowest BCUT2D eigenvalue weighted by molar-refractivity contribution is -0.113. The summed E-state index contributed by atoms with van der Waals surface area (Å²) in [5.41, 5.74) is 2.49. The number of thiophene rings is 1. The summed E-state index contributed by atoms with van der Waals surface area (Å²) in [7, 11) is 0. The summed E-state index contributed by atoms with van der Waals surface area (Å²) in [5, 5.41) is 21.3. The van der Waals surface area contributed by atoms with Gasteiger partial charge in [0.1, 0.15) is 11.1 Å². The first-order valence-electron chi connectivity index (χ1n) is 8.85. The molecule has 9 heteroatoms. The maximum atomic E-state index is 12.4. The molecule has 1 aliphatic rings. The van der Waals surface area contributed by atoms with Gasteiger partial charge in [-0.05, 0) is 42.9 Å². The van der Waals surface area contributed by atoms with Gasteiger partial charge in [0.15, 0.2) is 0 Å². The molecule has 1 N–H and O–H groups in total. The van der Waals surface area contributed by atoms with Gasteiger partial charge in [-0.15, -0.1) is 21.5 Å². The molecule has 1 atom stereocenters. The van der Waals surface area contributed by atoms with Gasteiger partial charge in [-0.25, -0.2) is 0 Å². The summed E-state index contributed by atoms with van der Waals surface area (Å²) >= 11 is 2.69. The Kier molecular flexibility index (Phi) is 5.41. The van der Waals surface area contributed by atoms with Crippen molar-refractivity contribution in [3.63, 3.8) is 0 Å². The molecule has 3 aromatic rings. The molecule has 0 fully saturated rings. The van der Waals surface area contributed by atoms with E-state index in [1.54, 1.807) is 24.5 Å². The Bertz CT molecular complexity index is 1040. The smallest absolute Gasteiger partial charge is 0.277 e. The quantitative estimate of drug-likeness (QED) is 0.634. The maximum absolute atomic E-state index is 12.4. The summed E-state index contributed by atoms with van der Waals surface area (Å²) in [6.07, 6.45) is 6.25. The first-order chi connectivity index (χ1) is 13.6. The van der Waals surface area contributed by atoms with E-state index >= 15 is 0 Å². The highest BCUT2D eigenvalue weighted by Crippen LogP contribution is 2.39. The number of nitrogens with zero attached hydrogens (tertiary/aromatic N) is 4. The number of carbonyl (C=O) groups is 1.